The second-order valence-corrected chi connectivity index (χ2v) is 3.91. The van der Waals surface area contributed by atoms with Crippen LogP contribution in [0.25, 0.3) is 0 Å². The lowest BCUT2D eigenvalue weighted by Gasteiger charge is -2.17. The van der Waals surface area contributed by atoms with Crippen molar-refractivity contribution in [3.8, 4) is 0 Å². The van der Waals surface area contributed by atoms with Gasteiger partial charge in [0.15, 0.2) is 0 Å². The van der Waals surface area contributed by atoms with Gasteiger partial charge < -0.3 is 20.4 Å². The Labute approximate surface area is 100 Å². The molecule has 17 heavy (non-hydrogen) atoms. The summed E-state index contributed by atoms with van der Waals surface area (Å²) in [7, 11) is 3.42. The van der Waals surface area contributed by atoms with Crippen molar-refractivity contribution in [1.82, 2.24) is 15.5 Å². The van der Waals surface area contributed by atoms with Gasteiger partial charge in [-0.25, -0.2) is 0 Å². The predicted molar refractivity (Wildman–Crippen MR) is 63.6 cm³/mol. The third-order valence-electron chi connectivity index (χ3n) is 2.38. The van der Waals surface area contributed by atoms with Crippen LogP contribution in [-0.4, -0.2) is 43.3 Å². The van der Waals surface area contributed by atoms with Gasteiger partial charge in [-0.1, -0.05) is 12.0 Å². The molecule has 1 aromatic rings. The highest BCUT2D eigenvalue weighted by molar-refractivity contribution is 5.78. The van der Waals surface area contributed by atoms with E-state index in [0.717, 1.165) is 0 Å². The Morgan fingerprint density at radius 2 is 2.29 bits per heavy atom. The van der Waals surface area contributed by atoms with E-state index in [4.69, 9.17) is 10.2 Å². The van der Waals surface area contributed by atoms with E-state index in [-0.39, 0.29) is 11.8 Å². The maximum absolute atomic E-state index is 11.4. The summed E-state index contributed by atoms with van der Waals surface area (Å²) >= 11 is 0. The fourth-order valence-corrected chi connectivity index (χ4v) is 1.44. The molecule has 0 fully saturated rings. The van der Waals surface area contributed by atoms with Gasteiger partial charge in [-0.2, -0.15) is 0 Å². The molecule has 1 aromatic heterocycles. The highest BCUT2D eigenvalue weighted by atomic mass is 16.4. The summed E-state index contributed by atoms with van der Waals surface area (Å²) in [6.07, 6.45) is 0.561. The number of hydrogen-bond acceptors (Lipinski definition) is 6. The predicted octanol–water partition coefficient (Wildman–Crippen LogP) is -0.611. The molecule has 0 aliphatic heterocycles. The Hall–Kier alpha value is -1.63. The third-order valence-corrected chi connectivity index (χ3v) is 2.38. The van der Waals surface area contributed by atoms with Crippen LogP contribution in [0.4, 0.5) is 6.01 Å². The van der Waals surface area contributed by atoms with Crippen LogP contribution in [0.1, 0.15) is 12.8 Å². The van der Waals surface area contributed by atoms with Crippen molar-refractivity contribution < 1.29 is 9.21 Å². The third kappa shape index (κ3) is 3.70. The molecular formula is C10H19N5O2. The fourth-order valence-electron chi connectivity index (χ4n) is 1.44. The number of nitrogens with zero attached hydrogens (tertiary/aromatic N) is 3. The first-order chi connectivity index (χ1) is 8.08. The first-order valence-electron chi connectivity index (χ1n) is 5.53. The summed E-state index contributed by atoms with van der Waals surface area (Å²) in [6, 6.07) is 0.407. The average Bonchev–Trinajstić information content (AvgIpc) is 2.77. The highest BCUT2D eigenvalue weighted by Crippen LogP contribution is 2.12. The first-order valence-corrected chi connectivity index (χ1v) is 5.53. The van der Waals surface area contributed by atoms with Gasteiger partial charge in [0.05, 0.1) is 5.92 Å². The zero-order valence-corrected chi connectivity index (χ0v) is 10.4. The molecule has 0 aliphatic rings. The van der Waals surface area contributed by atoms with Crippen LogP contribution in [0.15, 0.2) is 4.42 Å². The maximum atomic E-state index is 11.4. The van der Waals surface area contributed by atoms with Gasteiger partial charge >= 0.3 is 6.01 Å². The van der Waals surface area contributed by atoms with E-state index in [1.165, 1.54) is 0 Å². The number of anilines is 1. The normalized spacial score (nSPS) is 12.2. The van der Waals surface area contributed by atoms with Crippen LogP contribution in [0.5, 0.6) is 0 Å². The monoisotopic (exact) mass is 241 g/mol. The van der Waals surface area contributed by atoms with Crippen LogP contribution in [0.3, 0.4) is 0 Å². The summed E-state index contributed by atoms with van der Waals surface area (Å²) in [5.41, 5.74) is 5.39. The molecule has 96 valence electrons. The van der Waals surface area contributed by atoms with Gasteiger partial charge in [-0.3, -0.25) is 4.79 Å². The molecule has 1 amide bonds. The zero-order valence-electron chi connectivity index (χ0n) is 10.4. The van der Waals surface area contributed by atoms with Gasteiger partial charge in [-0.05, 0) is 0 Å². The van der Waals surface area contributed by atoms with Crippen LogP contribution >= 0.6 is 0 Å². The Morgan fingerprint density at radius 1 is 1.59 bits per heavy atom. The maximum Gasteiger partial charge on any atom is 0.317 e. The quantitative estimate of drug-likeness (QED) is 0.689. The summed E-state index contributed by atoms with van der Waals surface area (Å²) in [5.74, 6) is 0.357. The minimum absolute atomic E-state index is 0.0152. The second kappa shape index (κ2) is 6.19. The smallest absolute Gasteiger partial charge is 0.317 e. The number of rotatable bonds is 6. The lowest BCUT2D eigenvalue weighted by atomic mass is 10.1. The molecule has 3 N–H and O–H groups in total. The molecule has 1 rings (SSSR count). The van der Waals surface area contributed by atoms with E-state index >= 15 is 0 Å². The molecule has 1 unspecified atom stereocenters. The van der Waals surface area contributed by atoms with Crippen LogP contribution in [-0.2, 0) is 11.2 Å². The molecule has 0 saturated heterocycles. The van der Waals surface area contributed by atoms with Crippen molar-refractivity contribution in [1.29, 1.82) is 0 Å². The van der Waals surface area contributed by atoms with Gasteiger partial charge in [0.2, 0.25) is 11.8 Å². The number of hydrogen-bond donors (Lipinski definition) is 2. The molecule has 0 aliphatic carbocycles. The Balaban J connectivity index is 2.56. The lowest BCUT2D eigenvalue weighted by molar-refractivity contribution is -0.123. The number of carbonyl (C=O) groups excluding carboxylic acids is 1. The molecule has 7 nitrogen and oxygen atoms in total. The number of carbonyl (C=O) groups is 1. The minimum Gasteiger partial charge on any atom is -0.408 e. The van der Waals surface area contributed by atoms with Crippen LogP contribution in [0.2, 0.25) is 0 Å². The Kier molecular flexibility index (Phi) is 4.89. The summed E-state index contributed by atoms with van der Waals surface area (Å²) < 4.78 is 5.39. The van der Waals surface area contributed by atoms with Crippen molar-refractivity contribution in [3.63, 3.8) is 0 Å². The van der Waals surface area contributed by atoms with Gasteiger partial charge in [-0.15, -0.1) is 5.10 Å². The van der Waals surface area contributed by atoms with E-state index in [2.05, 4.69) is 15.5 Å². The minimum atomic E-state index is -0.144. The molecule has 7 heteroatoms. The molecule has 1 heterocycles. The SMILES string of the molecule is CNC(=O)C(C)CN(C)c1nnc(CCN)o1. The summed E-state index contributed by atoms with van der Waals surface area (Å²) in [6.45, 7) is 2.83. The molecule has 0 saturated carbocycles. The Morgan fingerprint density at radius 3 is 2.88 bits per heavy atom. The van der Waals surface area contributed by atoms with Gasteiger partial charge in [0.1, 0.15) is 0 Å². The largest absolute Gasteiger partial charge is 0.408 e. The van der Waals surface area contributed by atoms with Gasteiger partial charge in [0, 0.05) is 33.6 Å². The van der Waals surface area contributed by atoms with Crippen LogP contribution in [0, 0.1) is 5.92 Å². The number of nitrogens with two attached hydrogens (primary N) is 1. The van der Waals surface area contributed by atoms with Crippen molar-refractivity contribution in [2.45, 2.75) is 13.3 Å². The fraction of sp³-hybridized carbons (Fsp3) is 0.700. The molecule has 0 spiro atoms. The molecule has 0 bridgehead atoms. The molecular weight excluding hydrogens is 222 g/mol. The van der Waals surface area contributed by atoms with E-state index < -0.39 is 0 Å². The number of aromatic nitrogens is 2. The molecule has 0 radical (unpaired) electrons. The summed E-state index contributed by atoms with van der Waals surface area (Å²) in [5, 5.41) is 10.4. The lowest BCUT2D eigenvalue weighted by Crippen LogP contribution is -2.34. The standard InChI is InChI=1S/C10H19N5O2/c1-7(9(16)12-2)6-15(3)10-14-13-8(17-10)4-5-11/h7H,4-6,11H2,1-3H3,(H,12,16). The van der Waals surface area contributed by atoms with Crippen molar-refractivity contribution in [2.24, 2.45) is 11.7 Å². The van der Waals surface area contributed by atoms with Gasteiger partial charge in [0.25, 0.3) is 0 Å². The van der Waals surface area contributed by atoms with E-state index in [0.29, 0.717) is 31.4 Å². The van der Waals surface area contributed by atoms with Crippen molar-refractivity contribution in [2.75, 3.05) is 32.1 Å². The molecule has 0 aromatic carbocycles. The van der Waals surface area contributed by atoms with Crippen molar-refractivity contribution >= 4 is 11.9 Å². The van der Waals surface area contributed by atoms with Crippen LogP contribution < -0.4 is 16.0 Å². The first kappa shape index (κ1) is 13.4. The topological polar surface area (TPSA) is 97.3 Å². The number of nitrogens with one attached hydrogen (secondary N) is 1. The average molecular weight is 241 g/mol. The van der Waals surface area contributed by atoms with E-state index in [9.17, 15) is 4.79 Å². The van der Waals surface area contributed by atoms with E-state index in [1.807, 2.05) is 6.92 Å². The zero-order chi connectivity index (χ0) is 12.8. The molecule has 1 atom stereocenters. The second-order valence-electron chi connectivity index (χ2n) is 3.91. The summed E-state index contributed by atoms with van der Waals surface area (Å²) in [4.78, 5) is 13.1. The van der Waals surface area contributed by atoms with E-state index in [1.54, 1.807) is 19.0 Å². The number of amides is 1. The van der Waals surface area contributed by atoms with Crippen molar-refractivity contribution in [3.05, 3.63) is 5.89 Å². The Bertz CT molecular complexity index is 365. The highest BCUT2D eigenvalue weighted by Gasteiger charge is 2.17.